The van der Waals surface area contributed by atoms with Crippen molar-refractivity contribution in [3.05, 3.63) is 0 Å². The Morgan fingerprint density at radius 3 is 1.95 bits per heavy atom. The van der Waals surface area contributed by atoms with E-state index in [1.165, 1.54) is 0 Å². The Morgan fingerprint density at radius 1 is 1.14 bits per heavy atom. The summed E-state index contributed by atoms with van der Waals surface area (Å²) in [5.74, 6) is 0.0147. The molecule has 0 heterocycles. The quantitative estimate of drug-likeness (QED) is 0.203. The van der Waals surface area contributed by atoms with Crippen molar-refractivity contribution in [2.75, 3.05) is 26.4 Å². The molecule has 0 bridgehead atoms. The minimum atomic E-state index is -5.00. The molecule has 0 rings (SSSR count). The number of aliphatic hydroxyl groups excluding tert-OH is 5. The maximum Gasteiger partial charge on any atom is 0.147 e. The van der Waals surface area contributed by atoms with Gasteiger partial charge < -0.3 is 30.1 Å². The normalized spacial score (nSPS) is 16.3. The molecule has 22 heavy (non-hydrogen) atoms. The van der Waals surface area contributed by atoms with Crippen LogP contribution in [0.2, 0.25) is 0 Å². The number of hydrogen-bond acceptors (Lipinski definition) is 9. The minimum absolute atomic E-state index is 0.0147. The highest BCUT2D eigenvalue weighted by atomic mass is 32.2. The average Bonchev–Trinajstić information content (AvgIpc) is 2.41. The van der Waals surface area contributed by atoms with Crippen LogP contribution in [0.4, 0.5) is 0 Å². The Hall–Kier alpha value is -0.330. The smallest absolute Gasteiger partial charge is 0.147 e. The lowest BCUT2D eigenvalue weighted by atomic mass is 9.87. The highest BCUT2D eigenvalue weighted by molar-refractivity contribution is 7.86. The molecule has 10 heteroatoms. The van der Waals surface area contributed by atoms with Gasteiger partial charge in [0.05, 0.1) is 25.4 Å². The standard InChI is InChI=1S/C12H27NO8S/c1-9(2)6-12(7-15,8-16)13(3-4-14)10(17)5-11(18)22(19,20)21/h9-11,14-18H,3-8H2,1-2H3,(H,19,20,21)/p-1. The lowest BCUT2D eigenvalue weighted by Crippen LogP contribution is -2.60. The number of hydrogen-bond donors (Lipinski definition) is 5. The zero-order chi connectivity index (χ0) is 17.6. The fraction of sp³-hybridized carbons (Fsp3) is 1.00. The highest BCUT2D eigenvalue weighted by Gasteiger charge is 2.40. The number of nitrogens with zero attached hydrogens (tertiary/aromatic N) is 1. The van der Waals surface area contributed by atoms with E-state index in [-0.39, 0.29) is 18.9 Å². The molecular formula is C12H26NO8S-. The van der Waals surface area contributed by atoms with Gasteiger partial charge in [-0.05, 0) is 12.3 Å². The van der Waals surface area contributed by atoms with Gasteiger partial charge in [-0.3, -0.25) is 4.90 Å². The van der Waals surface area contributed by atoms with Gasteiger partial charge in [0.25, 0.3) is 0 Å². The summed E-state index contributed by atoms with van der Waals surface area (Å²) in [5.41, 5.74) is -3.64. The van der Waals surface area contributed by atoms with Crippen molar-refractivity contribution in [1.29, 1.82) is 0 Å². The molecule has 0 aromatic rings. The molecule has 0 aliphatic carbocycles. The van der Waals surface area contributed by atoms with Crippen molar-refractivity contribution < 1.29 is 38.5 Å². The SMILES string of the molecule is CC(C)CC(CO)(CO)N(CCO)C(O)CC(O)S(=O)(=O)[O-]. The first-order chi connectivity index (χ1) is 10.0. The first kappa shape index (κ1) is 21.7. The third-order valence-electron chi connectivity index (χ3n) is 3.43. The zero-order valence-electron chi connectivity index (χ0n) is 12.8. The van der Waals surface area contributed by atoms with Crippen LogP contribution in [0.25, 0.3) is 0 Å². The van der Waals surface area contributed by atoms with Gasteiger partial charge in [-0.15, -0.1) is 0 Å². The number of β-amino-alcohol motifs (C(OH)–C–C–N with tert-alkyl or cyclic N) is 1. The maximum atomic E-state index is 10.7. The molecule has 0 saturated heterocycles. The van der Waals surface area contributed by atoms with Crippen LogP contribution in [0, 0.1) is 5.92 Å². The molecule has 0 aliphatic heterocycles. The summed E-state index contributed by atoms with van der Waals surface area (Å²) in [6, 6.07) is 0. The number of aliphatic hydroxyl groups is 5. The summed E-state index contributed by atoms with van der Waals surface area (Å²) in [6.45, 7) is 1.91. The summed E-state index contributed by atoms with van der Waals surface area (Å²) in [5, 5.41) is 47.8. The van der Waals surface area contributed by atoms with Gasteiger partial charge >= 0.3 is 0 Å². The van der Waals surface area contributed by atoms with E-state index < -0.39 is 53.6 Å². The van der Waals surface area contributed by atoms with Crippen molar-refractivity contribution >= 4 is 10.1 Å². The first-order valence-corrected chi connectivity index (χ1v) is 8.41. The van der Waals surface area contributed by atoms with E-state index >= 15 is 0 Å². The van der Waals surface area contributed by atoms with E-state index in [1.807, 2.05) is 13.8 Å². The van der Waals surface area contributed by atoms with Crippen molar-refractivity contribution in [1.82, 2.24) is 4.90 Å². The van der Waals surface area contributed by atoms with Crippen LogP contribution in [0.1, 0.15) is 26.7 Å². The van der Waals surface area contributed by atoms with Crippen molar-refractivity contribution in [3.63, 3.8) is 0 Å². The maximum absolute atomic E-state index is 10.7. The monoisotopic (exact) mass is 344 g/mol. The van der Waals surface area contributed by atoms with E-state index in [0.717, 1.165) is 4.90 Å². The van der Waals surface area contributed by atoms with Crippen LogP contribution in [-0.4, -0.2) is 87.0 Å². The van der Waals surface area contributed by atoms with Crippen molar-refractivity contribution in [2.24, 2.45) is 5.92 Å². The third kappa shape index (κ3) is 6.05. The molecule has 0 aliphatic rings. The summed E-state index contributed by atoms with van der Waals surface area (Å²) < 4.78 is 32.2. The molecule has 0 spiro atoms. The van der Waals surface area contributed by atoms with Crippen LogP contribution < -0.4 is 0 Å². The van der Waals surface area contributed by atoms with E-state index in [1.54, 1.807) is 0 Å². The van der Waals surface area contributed by atoms with Crippen LogP contribution in [0.15, 0.2) is 0 Å². The molecule has 0 saturated carbocycles. The van der Waals surface area contributed by atoms with Gasteiger partial charge in [0.1, 0.15) is 21.8 Å². The predicted molar refractivity (Wildman–Crippen MR) is 76.5 cm³/mol. The van der Waals surface area contributed by atoms with Crippen LogP contribution >= 0.6 is 0 Å². The Morgan fingerprint density at radius 2 is 1.64 bits per heavy atom. The second-order valence-electron chi connectivity index (χ2n) is 5.72. The Labute approximate surface area is 130 Å². The topological polar surface area (TPSA) is 162 Å². The Kier molecular flexibility index (Phi) is 8.95. The summed E-state index contributed by atoms with van der Waals surface area (Å²) >= 11 is 0. The summed E-state index contributed by atoms with van der Waals surface area (Å²) in [7, 11) is -5.00. The zero-order valence-corrected chi connectivity index (χ0v) is 13.6. The van der Waals surface area contributed by atoms with E-state index in [4.69, 9.17) is 5.11 Å². The van der Waals surface area contributed by atoms with Crippen LogP contribution in [-0.2, 0) is 10.1 Å². The lowest BCUT2D eigenvalue weighted by molar-refractivity contribution is -0.127. The fourth-order valence-electron chi connectivity index (χ4n) is 2.47. The molecule has 0 aromatic carbocycles. The van der Waals surface area contributed by atoms with Gasteiger partial charge in [0, 0.05) is 13.0 Å². The highest BCUT2D eigenvalue weighted by Crippen LogP contribution is 2.27. The molecular weight excluding hydrogens is 318 g/mol. The number of rotatable bonds is 11. The van der Waals surface area contributed by atoms with Gasteiger partial charge in [0.15, 0.2) is 0 Å². The second kappa shape index (κ2) is 9.08. The van der Waals surface area contributed by atoms with Gasteiger partial charge in [-0.25, -0.2) is 8.42 Å². The average molecular weight is 344 g/mol. The van der Waals surface area contributed by atoms with E-state index in [9.17, 15) is 33.4 Å². The molecule has 0 fully saturated rings. The Balaban J connectivity index is 5.38. The fourth-order valence-corrected chi connectivity index (χ4v) is 2.88. The molecule has 0 aromatic heterocycles. The van der Waals surface area contributed by atoms with Crippen LogP contribution in [0.3, 0.4) is 0 Å². The first-order valence-electron chi connectivity index (χ1n) is 6.94. The molecule has 9 nitrogen and oxygen atoms in total. The third-order valence-corrected chi connectivity index (χ3v) is 4.29. The lowest BCUT2D eigenvalue weighted by Gasteiger charge is -2.45. The molecule has 2 unspecified atom stereocenters. The van der Waals surface area contributed by atoms with Gasteiger partial charge in [0.2, 0.25) is 0 Å². The molecule has 0 radical (unpaired) electrons. The molecule has 134 valence electrons. The van der Waals surface area contributed by atoms with Crippen molar-refractivity contribution in [2.45, 2.75) is 43.9 Å². The summed E-state index contributed by atoms with van der Waals surface area (Å²) in [6.07, 6.45) is -2.20. The molecule has 2 atom stereocenters. The second-order valence-corrected chi connectivity index (χ2v) is 7.25. The van der Waals surface area contributed by atoms with E-state index in [0.29, 0.717) is 0 Å². The van der Waals surface area contributed by atoms with Gasteiger partial charge in [-0.1, -0.05) is 13.8 Å². The predicted octanol–water partition coefficient (Wildman–Crippen LogP) is -2.38. The minimum Gasteiger partial charge on any atom is -0.746 e. The molecule has 0 amide bonds. The Bertz CT molecular complexity index is 409. The van der Waals surface area contributed by atoms with Crippen LogP contribution in [0.5, 0.6) is 0 Å². The largest absolute Gasteiger partial charge is 0.746 e. The summed E-state index contributed by atoms with van der Waals surface area (Å²) in [4.78, 5) is 1.11. The van der Waals surface area contributed by atoms with Gasteiger partial charge in [-0.2, -0.15) is 0 Å². The van der Waals surface area contributed by atoms with Crippen molar-refractivity contribution in [3.8, 4) is 0 Å². The molecule has 5 N–H and O–H groups in total. The van der Waals surface area contributed by atoms with E-state index in [2.05, 4.69) is 0 Å².